The zero-order chi connectivity index (χ0) is 14.3. The Labute approximate surface area is 115 Å². The molecule has 0 heterocycles. The monoisotopic (exact) mass is 262 g/mol. The van der Waals surface area contributed by atoms with Gasteiger partial charge in [0.05, 0.1) is 20.3 Å². The number of methoxy groups -OCH3 is 2. The van der Waals surface area contributed by atoms with E-state index in [2.05, 4.69) is 11.0 Å². The molecule has 0 unspecified atom stereocenters. The van der Waals surface area contributed by atoms with E-state index < -0.39 is 0 Å². The summed E-state index contributed by atoms with van der Waals surface area (Å²) in [7, 11) is 5.38. The van der Waals surface area contributed by atoms with Crippen LogP contribution in [0.4, 0.5) is 0 Å². The van der Waals surface area contributed by atoms with Gasteiger partial charge >= 0.3 is 0 Å². The molecule has 4 nitrogen and oxygen atoms in total. The van der Waals surface area contributed by atoms with Gasteiger partial charge in [-0.3, -0.25) is 0 Å². The van der Waals surface area contributed by atoms with Crippen LogP contribution in [0.2, 0.25) is 0 Å². The maximum Gasteiger partial charge on any atom is 0.128 e. The summed E-state index contributed by atoms with van der Waals surface area (Å²) in [5.41, 5.74) is 2.20. The zero-order valence-electron chi connectivity index (χ0n) is 12.2. The highest BCUT2D eigenvalue weighted by atomic mass is 16.5. The van der Waals surface area contributed by atoms with E-state index in [-0.39, 0.29) is 0 Å². The lowest BCUT2D eigenvalue weighted by Gasteiger charge is -2.18. The number of likely N-dealkylation sites (N-methyl/N-ethyl adjacent to an activating group) is 1. The number of hydrogen-bond donors (Lipinski definition) is 0. The molecule has 0 saturated carbocycles. The van der Waals surface area contributed by atoms with Crippen molar-refractivity contribution in [3.05, 3.63) is 23.3 Å². The van der Waals surface area contributed by atoms with Gasteiger partial charge in [-0.25, -0.2) is 0 Å². The number of hydrogen-bond acceptors (Lipinski definition) is 4. The fraction of sp³-hybridized carbons (Fsp3) is 0.533. The maximum absolute atomic E-state index is 8.57. The molecule has 0 N–H and O–H groups in total. The van der Waals surface area contributed by atoms with Gasteiger partial charge in [-0.05, 0) is 32.0 Å². The SMILES string of the molecule is COc1ccc(CCN(C)CCC#N)c(OC)c1C. The van der Waals surface area contributed by atoms with Crippen LogP contribution in [0.25, 0.3) is 0 Å². The van der Waals surface area contributed by atoms with Crippen molar-refractivity contribution >= 4 is 0 Å². The quantitative estimate of drug-likeness (QED) is 0.757. The molecule has 0 spiro atoms. The van der Waals surface area contributed by atoms with E-state index in [1.165, 1.54) is 5.56 Å². The van der Waals surface area contributed by atoms with E-state index in [1.807, 2.05) is 26.1 Å². The van der Waals surface area contributed by atoms with Crippen molar-refractivity contribution in [1.29, 1.82) is 5.26 Å². The molecule has 0 fully saturated rings. The molecule has 1 aromatic rings. The lowest BCUT2D eigenvalue weighted by molar-refractivity contribution is 0.341. The Balaban J connectivity index is 2.73. The van der Waals surface area contributed by atoms with Crippen LogP contribution >= 0.6 is 0 Å². The van der Waals surface area contributed by atoms with Gasteiger partial charge in [0.25, 0.3) is 0 Å². The highest BCUT2D eigenvalue weighted by Crippen LogP contribution is 2.31. The number of rotatable bonds is 7. The maximum atomic E-state index is 8.57. The third kappa shape index (κ3) is 4.15. The average Bonchev–Trinajstić information content (AvgIpc) is 2.42. The number of ether oxygens (including phenoxy) is 2. The summed E-state index contributed by atoms with van der Waals surface area (Å²) >= 11 is 0. The van der Waals surface area contributed by atoms with E-state index in [9.17, 15) is 0 Å². The molecule has 0 radical (unpaired) electrons. The lowest BCUT2D eigenvalue weighted by atomic mass is 10.1. The molecule has 0 aliphatic carbocycles. The summed E-state index contributed by atoms with van der Waals surface area (Å²) in [5, 5.41) is 8.57. The van der Waals surface area contributed by atoms with Crippen LogP contribution in [-0.2, 0) is 6.42 Å². The second kappa shape index (κ2) is 7.65. The summed E-state index contributed by atoms with van der Waals surface area (Å²) in [6.07, 6.45) is 1.46. The van der Waals surface area contributed by atoms with Gasteiger partial charge in [0, 0.05) is 25.1 Å². The average molecular weight is 262 g/mol. The van der Waals surface area contributed by atoms with Crippen molar-refractivity contribution in [3.8, 4) is 17.6 Å². The van der Waals surface area contributed by atoms with Crippen LogP contribution in [-0.4, -0.2) is 39.3 Å². The number of benzene rings is 1. The molecule has 0 aliphatic rings. The first-order valence-electron chi connectivity index (χ1n) is 6.40. The van der Waals surface area contributed by atoms with Gasteiger partial charge in [0.2, 0.25) is 0 Å². The van der Waals surface area contributed by atoms with Gasteiger partial charge in [0.1, 0.15) is 11.5 Å². The molecule has 0 aromatic heterocycles. The Bertz CT molecular complexity index is 452. The molecular weight excluding hydrogens is 240 g/mol. The van der Waals surface area contributed by atoms with Crippen LogP contribution in [0.15, 0.2) is 12.1 Å². The first-order chi connectivity index (χ1) is 9.13. The Kier molecular flexibility index (Phi) is 6.17. The molecule has 0 aliphatic heterocycles. The molecule has 104 valence electrons. The molecule has 4 heteroatoms. The third-order valence-electron chi connectivity index (χ3n) is 3.23. The van der Waals surface area contributed by atoms with E-state index in [0.717, 1.165) is 36.6 Å². The van der Waals surface area contributed by atoms with Crippen molar-refractivity contribution in [2.75, 3.05) is 34.4 Å². The second-order valence-electron chi connectivity index (χ2n) is 4.55. The Morgan fingerprint density at radius 1 is 1.21 bits per heavy atom. The molecule has 0 atom stereocenters. The van der Waals surface area contributed by atoms with Crippen molar-refractivity contribution in [3.63, 3.8) is 0 Å². The fourth-order valence-electron chi connectivity index (χ4n) is 2.10. The first-order valence-corrected chi connectivity index (χ1v) is 6.40. The van der Waals surface area contributed by atoms with Crippen molar-refractivity contribution in [1.82, 2.24) is 4.90 Å². The Morgan fingerprint density at radius 3 is 2.53 bits per heavy atom. The molecule has 1 rings (SSSR count). The van der Waals surface area contributed by atoms with E-state index >= 15 is 0 Å². The first kappa shape index (κ1) is 15.3. The minimum atomic E-state index is 0.565. The largest absolute Gasteiger partial charge is 0.496 e. The predicted octanol–water partition coefficient (Wildman–Crippen LogP) is 2.40. The molecule has 19 heavy (non-hydrogen) atoms. The van der Waals surface area contributed by atoms with Gasteiger partial charge in [0.15, 0.2) is 0 Å². The topological polar surface area (TPSA) is 45.5 Å². The third-order valence-corrected chi connectivity index (χ3v) is 3.23. The predicted molar refractivity (Wildman–Crippen MR) is 75.7 cm³/mol. The number of nitrogens with zero attached hydrogens (tertiary/aromatic N) is 2. The van der Waals surface area contributed by atoms with Crippen LogP contribution in [0.3, 0.4) is 0 Å². The highest BCUT2D eigenvalue weighted by molar-refractivity contribution is 5.49. The molecule has 1 aromatic carbocycles. The normalized spacial score (nSPS) is 10.3. The molecule has 0 amide bonds. The van der Waals surface area contributed by atoms with Crippen molar-refractivity contribution < 1.29 is 9.47 Å². The molecule has 0 bridgehead atoms. The number of nitriles is 1. The van der Waals surface area contributed by atoms with Crippen LogP contribution < -0.4 is 9.47 Å². The second-order valence-corrected chi connectivity index (χ2v) is 4.55. The van der Waals surface area contributed by atoms with Crippen molar-refractivity contribution in [2.45, 2.75) is 19.8 Å². The summed E-state index contributed by atoms with van der Waals surface area (Å²) in [6, 6.07) is 6.18. The minimum Gasteiger partial charge on any atom is -0.496 e. The molecule has 0 saturated heterocycles. The van der Waals surface area contributed by atoms with Gasteiger partial charge in [-0.2, -0.15) is 5.26 Å². The highest BCUT2D eigenvalue weighted by Gasteiger charge is 2.11. The lowest BCUT2D eigenvalue weighted by Crippen LogP contribution is -2.22. The van der Waals surface area contributed by atoms with Crippen LogP contribution in [0.5, 0.6) is 11.5 Å². The van der Waals surface area contributed by atoms with Crippen LogP contribution in [0.1, 0.15) is 17.5 Å². The van der Waals surface area contributed by atoms with E-state index in [4.69, 9.17) is 14.7 Å². The standard InChI is InChI=1S/C15H22N2O2/c1-12-14(18-3)7-6-13(15(12)19-4)8-11-17(2)10-5-9-16/h6-7H,5,8,10-11H2,1-4H3. The smallest absolute Gasteiger partial charge is 0.128 e. The van der Waals surface area contributed by atoms with Gasteiger partial charge in [-0.15, -0.1) is 0 Å². The van der Waals surface area contributed by atoms with Gasteiger partial charge < -0.3 is 14.4 Å². The summed E-state index contributed by atoms with van der Waals surface area (Å²) < 4.78 is 10.8. The van der Waals surface area contributed by atoms with Crippen LogP contribution in [0, 0.1) is 18.3 Å². The van der Waals surface area contributed by atoms with E-state index in [0.29, 0.717) is 6.42 Å². The Hall–Kier alpha value is -1.73. The molecular formula is C15H22N2O2. The zero-order valence-corrected chi connectivity index (χ0v) is 12.2. The van der Waals surface area contributed by atoms with E-state index in [1.54, 1.807) is 14.2 Å². The fourth-order valence-corrected chi connectivity index (χ4v) is 2.10. The summed E-state index contributed by atoms with van der Waals surface area (Å²) in [5.74, 6) is 1.74. The minimum absolute atomic E-state index is 0.565. The Morgan fingerprint density at radius 2 is 1.95 bits per heavy atom. The van der Waals surface area contributed by atoms with Gasteiger partial charge in [-0.1, -0.05) is 6.07 Å². The van der Waals surface area contributed by atoms with Crippen molar-refractivity contribution in [2.24, 2.45) is 0 Å². The summed E-state index contributed by atoms with van der Waals surface area (Å²) in [4.78, 5) is 2.15. The summed E-state index contributed by atoms with van der Waals surface area (Å²) in [6.45, 7) is 3.71.